The van der Waals surface area contributed by atoms with Crippen LogP contribution in [0.25, 0.3) is 10.2 Å². The lowest BCUT2D eigenvalue weighted by atomic mass is 10.2. The van der Waals surface area contributed by atoms with Gasteiger partial charge in [-0.25, -0.2) is 22.9 Å². The lowest BCUT2D eigenvalue weighted by Gasteiger charge is -2.17. The number of aliphatic hydroxyl groups is 1. The highest BCUT2D eigenvalue weighted by molar-refractivity contribution is 7.91. The van der Waals surface area contributed by atoms with Crippen LogP contribution in [0.15, 0.2) is 50.6 Å². The molecule has 14 heteroatoms. The van der Waals surface area contributed by atoms with Gasteiger partial charge in [-0.05, 0) is 43.9 Å². The molecule has 1 saturated heterocycles. The van der Waals surface area contributed by atoms with Crippen LogP contribution in [0.2, 0.25) is 0 Å². The van der Waals surface area contributed by atoms with Crippen molar-refractivity contribution in [1.29, 1.82) is 0 Å². The van der Waals surface area contributed by atoms with E-state index in [2.05, 4.69) is 14.8 Å². The number of fused-ring (bicyclic) bond motifs is 1. The number of anilines is 1. The second-order valence-electron chi connectivity index (χ2n) is 10.6. The van der Waals surface area contributed by atoms with Gasteiger partial charge in [0.25, 0.3) is 15.6 Å². The fourth-order valence-electron chi connectivity index (χ4n) is 4.82. The van der Waals surface area contributed by atoms with E-state index < -0.39 is 26.8 Å². The molecule has 4 aromatic rings. The maximum atomic E-state index is 13.7. The lowest BCUT2D eigenvalue weighted by molar-refractivity contribution is 0.198. The van der Waals surface area contributed by atoms with E-state index in [1.807, 2.05) is 24.0 Å². The number of hydrogen-bond donors (Lipinski definition) is 2. The molecule has 1 saturated carbocycles. The summed E-state index contributed by atoms with van der Waals surface area (Å²) < 4.78 is 33.2. The van der Waals surface area contributed by atoms with Gasteiger partial charge in [-0.1, -0.05) is 6.07 Å². The Morgan fingerprint density at radius 1 is 1.15 bits per heavy atom. The predicted octanol–water partition coefficient (Wildman–Crippen LogP) is 0.852. The Morgan fingerprint density at radius 2 is 1.92 bits per heavy atom. The van der Waals surface area contributed by atoms with Crippen molar-refractivity contribution in [2.75, 3.05) is 18.0 Å². The highest BCUT2D eigenvalue weighted by Crippen LogP contribution is 2.37. The van der Waals surface area contributed by atoms with Gasteiger partial charge < -0.3 is 10.0 Å². The molecule has 12 nitrogen and oxygen atoms in total. The Morgan fingerprint density at radius 3 is 2.54 bits per heavy atom. The van der Waals surface area contributed by atoms with Crippen LogP contribution in [0.4, 0.5) is 5.82 Å². The third-order valence-corrected chi connectivity index (χ3v) is 10.5. The van der Waals surface area contributed by atoms with Crippen LogP contribution in [0.5, 0.6) is 0 Å². The normalized spacial score (nSPS) is 18.7. The van der Waals surface area contributed by atoms with Crippen molar-refractivity contribution in [2.24, 2.45) is 7.05 Å². The number of aromatic nitrogens is 5. The first kappa shape index (κ1) is 25.9. The van der Waals surface area contributed by atoms with Crippen LogP contribution < -0.4 is 20.9 Å². The minimum atomic E-state index is -3.87. The van der Waals surface area contributed by atoms with Crippen molar-refractivity contribution in [1.82, 2.24) is 28.6 Å². The average Bonchev–Trinajstić information content (AvgIpc) is 3.29. The van der Waals surface area contributed by atoms with Gasteiger partial charge >= 0.3 is 5.69 Å². The summed E-state index contributed by atoms with van der Waals surface area (Å²) in [5.74, 6) is 0.735. The molecule has 0 unspecified atom stereocenters. The van der Waals surface area contributed by atoms with E-state index in [9.17, 15) is 23.1 Å². The fraction of sp³-hybridized carbons (Fsp3) is 0.440. The minimum absolute atomic E-state index is 0.00364. The molecule has 0 amide bonds. The third kappa shape index (κ3) is 5.04. The molecular weight excluding hydrogens is 542 g/mol. The molecule has 39 heavy (non-hydrogen) atoms. The van der Waals surface area contributed by atoms with Gasteiger partial charge in [-0.15, -0.1) is 11.3 Å². The molecule has 206 valence electrons. The number of thiophene rings is 1. The Kier molecular flexibility index (Phi) is 6.25. The van der Waals surface area contributed by atoms with Gasteiger partial charge in [0, 0.05) is 43.6 Å². The van der Waals surface area contributed by atoms with E-state index in [1.165, 1.54) is 10.6 Å². The van der Waals surface area contributed by atoms with Crippen molar-refractivity contribution < 1.29 is 13.5 Å². The van der Waals surface area contributed by atoms with Crippen molar-refractivity contribution in [2.45, 2.75) is 55.1 Å². The van der Waals surface area contributed by atoms with Crippen molar-refractivity contribution in [3.8, 4) is 0 Å². The van der Waals surface area contributed by atoms with E-state index in [0.717, 1.165) is 40.1 Å². The zero-order valence-corrected chi connectivity index (χ0v) is 23.2. The van der Waals surface area contributed by atoms with E-state index in [0.29, 0.717) is 29.9 Å². The largest absolute Gasteiger partial charge is 0.391 e. The summed E-state index contributed by atoms with van der Waals surface area (Å²) in [5, 5.41) is 14.1. The first-order valence-electron chi connectivity index (χ1n) is 12.7. The topological polar surface area (TPSA) is 144 Å². The molecule has 0 spiro atoms. The van der Waals surface area contributed by atoms with Crippen molar-refractivity contribution in [3.05, 3.63) is 68.8 Å². The van der Waals surface area contributed by atoms with Gasteiger partial charge in [0.05, 0.1) is 30.8 Å². The number of rotatable bonds is 8. The molecule has 1 atom stereocenters. The summed E-state index contributed by atoms with van der Waals surface area (Å²) in [6.07, 6.45) is 6.78. The van der Waals surface area contributed by atoms with Crippen LogP contribution in [0.1, 0.15) is 37.3 Å². The Bertz CT molecular complexity index is 1780. The van der Waals surface area contributed by atoms with Crippen LogP contribution in [0, 0.1) is 0 Å². The van der Waals surface area contributed by atoms with Crippen LogP contribution in [-0.2, 0) is 30.2 Å². The summed E-state index contributed by atoms with van der Waals surface area (Å²) in [5.41, 5.74) is -0.182. The molecule has 2 fully saturated rings. The Hall–Kier alpha value is -3.33. The number of hydrogen-bond acceptors (Lipinski definition) is 9. The molecular formula is C25H29N7O5S2. The van der Waals surface area contributed by atoms with Crippen molar-refractivity contribution in [3.63, 3.8) is 0 Å². The highest BCUT2D eigenvalue weighted by Gasteiger charge is 2.42. The molecule has 1 aliphatic carbocycles. The predicted molar refractivity (Wildman–Crippen MR) is 147 cm³/mol. The maximum Gasteiger partial charge on any atom is 0.332 e. The third-order valence-electron chi connectivity index (χ3n) is 7.25. The molecule has 1 aliphatic heterocycles. The monoisotopic (exact) mass is 571 g/mol. The lowest BCUT2D eigenvalue weighted by Crippen LogP contribution is -2.40. The smallest absolute Gasteiger partial charge is 0.332 e. The van der Waals surface area contributed by atoms with Crippen molar-refractivity contribution >= 4 is 37.4 Å². The zero-order chi connectivity index (χ0) is 27.5. The second kappa shape index (κ2) is 9.40. The van der Waals surface area contributed by atoms with Crippen LogP contribution in [0.3, 0.4) is 0 Å². The fourth-order valence-corrected chi connectivity index (χ4v) is 7.72. The molecule has 2 N–H and O–H groups in total. The van der Waals surface area contributed by atoms with Gasteiger partial charge in [0.2, 0.25) is 0 Å². The number of sulfonamides is 1. The molecule has 6 rings (SSSR count). The number of nitrogens with one attached hydrogen (secondary N) is 1. The number of nitrogens with zero attached hydrogens (tertiary/aromatic N) is 6. The molecule has 0 aromatic carbocycles. The van der Waals surface area contributed by atoms with Gasteiger partial charge in [-0.3, -0.25) is 18.6 Å². The summed E-state index contributed by atoms with van der Waals surface area (Å²) in [6, 6.07) is 5.06. The Balaban J connectivity index is 1.43. The second-order valence-corrected chi connectivity index (χ2v) is 13.6. The number of aryl methyl sites for hydroxylation is 1. The van der Waals surface area contributed by atoms with Gasteiger partial charge in [0.15, 0.2) is 0 Å². The zero-order valence-electron chi connectivity index (χ0n) is 21.6. The molecule has 2 aliphatic rings. The highest BCUT2D eigenvalue weighted by atomic mass is 32.2. The van der Waals surface area contributed by atoms with Gasteiger partial charge in [-0.2, -0.15) is 5.10 Å². The quantitative estimate of drug-likeness (QED) is 0.317. The SMILES string of the molecule is Cn1cc(Cn2c(=O)c3cc(S(=O)(=O)NC4(C)CC4)sc3n(Cc3ccc(N4CC[C@H](O)C4)nc3)c2=O)cn1. The first-order valence-corrected chi connectivity index (χ1v) is 15.0. The standard InChI is InChI=1S/C25H29N7O5S2/c1-25(6-7-25)28-39(36,37)21-9-19-22(34)31(14-17-11-27-29(2)12-17)24(35)32(23(19)38-21)13-16-3-4-20(26-10-16)30-8-5-18(33)15-30/h3-4,9-12,18,28,33H,5-8,13-15H2,1-2H3/t18-/m0/s1. The number of pyridine rings is 1. The molecule has 0 bridgehead atoms. The number of aliphatic hydroxyl groups excluding tert-OH is 1. The van der Waals surface area contributed by atoms with E-state index in [1.54, 1.807) is 30.3 Å². The van der Waals surface area contributed by atoms with E-state index in [-0.39, 0.29) is 28.8 Å². The van der Waals surface area contributed by atoms with Crippen LogP contribution in [-0.4, -0.2) is 62.2 Å². The number of β-amino-alcohol motifs (C(OH)–C–C–N with tert-alkyl or cyclic N) is 1. The first-order chi connectivity index (χ1) is 18.5. The molecule has 0 radical (unpaired) electrons. The maximum absolute atomic E-state index is 13.7. The summed E-state index contributed by atoms with van der Waals surface area (Å²) >= 11 is 0.916. The summed E-state index contributed by atoms with van der Waals surface area (Å²) in [4.78, 5) is 34.0. The molecule has 4 aromatic heterocycles. The van der Waals surface area contributed by atoms with Crippen LogP contribution >= 0.6 is 11.3 Å². The van der Waals surface area contributed by atoms with Gasteiger partial charge in [0.1, 0.15) is 14.9 Å². The Labute approximate surface area is 228 Å². The van der Waals surface area contributed by atoms with E-state index in [4.69, 9.17) is 0 Å². The summed E-state index contributed by atoms with van der Waals surface area (Å²) in [7, 11) is -2.12. The molecule has 5 heterocycles. The summed E-state index contributed by atoms with van der Waals surface area (Å²) in [6.45, 7) is 3.18. The minimum Gasteiger partial charge on any atom is -0.391 e. The van der Waals surface area contributed by atoms with E-state index >= 15 is 0 Å². The average molecular weight is 572 g/mol.